The van der Waals surface area contributed by atoms with Gasteiger partial charge < -0.3 is 10.3 Å². The number of hydrogen-bond acceptors (Lipinski definition) is 3. The van der Waals surface area contributed by atoms with E-state index in [9.17, 15) is 4.79 Å². The Bertz CT molecular complexity index is 353. The van der Waals surface area contributed by atoms with Gasteiger partial charge in [-0.3, -0.25) is 4.79 Å². The Hall–Kier alpha value is -0.590. The predicted octanol–water partition coefficient (Wildman–Crippen LogP) is 1.58. The highest BCUT2D eigenvalue weighted by Crippen LogP contribution is 2.14. The number of halogens is 1. The minimum Gasteiger partial charge on any atom is -0.364 e. The maximum atomic E-state index is 11.2. The first-order valence-electron chi connectivity index (χ1n) is 3.91. The molecule has 0 aliphatic rings. The molecule has 0 aliphatic heterocycles. The molecule has 0 atom stereocenters. The van der Waals surface area contributed by atoms with Crippen LogP contribution in [0.4, 0.5) is 5.82 Å². The van der Waals surface area contributed by atoms with Gasteiger partial charge in [0.05, 0.1) is 6.33 Å². The van der Waals surface area contributed by atoms with Crippen molar-refractivity contribution in [1.29, 1.82) is 0 Å². The molecular weight excluding hydrogens is 281 g/mol. The first-order valence-corrected chi connectivity index (χ1v) is 4.99. The smallest absolute Gasteiger partial charge is 0.266 e. The molecule has 2 N–H and O–H groups in total. The summed E-state index contributed by atoms with van der Waals surface area (Å²) in [5.41, 5.74) is -0.192. The molecule has 1 rings (SSSR count). The molecule has 1 aromatic heterocycles. The van der Waals surface area contributed by atoms with E-state index >= 15 is 0 Å². The minimum atomic E-state index is -0.109. The molecule has 5 heteroatoms. The lowest BCUT2D eigenvalue weighted by Crippen LogP contribution is -2.29. The lowest BCUT2D eigenvalue weighted by atomic mass is 10.1. The minimum absolute atomic E-state index is 0.0826. The van der Waals surface area contributed by atoms with Gasteiger partial charge >= 0.3 is 0 Å². The molecular formula is C8H12IN3O. The quantitative estimate of drug-likeness (QED) is 0.773. The van der Waals surface area contributed by atoms with Crippen LogP contribution in [-0.4, -0.2) is 15.5 Å². The highest BCUT2D eigenvalue weighted by molar-refractivity contribution is 14.1. The third-order valence-corrected chi connectivity index (χ3v) is 2.29. The summed E-state index contributed by atoms with van der Waals surface area (Å²) < 4.78 is 0.593. The van der Waals surface area contributed by atoms with Crippen LogP contribution in [0.1, 0.15) is 20.8 Å². The van der Waals surface area contributed by atoms with Crippen molar-refractivity contribution in [2.45, 2.75) is 26.3 Å². The molecule has 4 nitrogen and oxygen atoms in total. The molecule has 0 unspecified atom stereocenters. The van der Waals surface area contributed by atoms with E-state index in [-0.39, 0.29) is 11.1 Å². The number of anilines is 1. The highest BCUT2D eigenvalue weighted by Gasteiger charge is 2.13. The average molecular weight is 293 g/mol. The summed E-state index contributed by atoms with van der Waals surface area (Å²) in [6.07, 6.45) is 1.40. The van der Waals surface area contributed by atoms with E-state index in [4.69, 9.17) is 0 Å². The van der Waals surface area contributed by atoms with Gasteiger partial charge in [0.15, 0.2) is 0 Å². The Morgan fingerprint density at radius 2 is 2.15 bits per heavy atom. The summed E-state index contributed by atoms with van der Waals surface area (Å²) >= 11 is 1.98. The first-order chi connectivity index (χ1) is 5.90. The van der Waals surface area contributed by atoms with Crippen molar-refractivity contribution in [3.63, 3.8) is 0 Å². The van der Waals surface area contributed by atoms with Crippen LogP contribution in [0.15, 0.2) is 11.1 Å². The molecule has 13 heavy (non-hydrogen) atoms. The Morgan fingerprint density at radius 1 is 1.54 bits per heavy atom. The summed E-state index contributed by atoms with van der Waals surface area (Å²) in [4.78, 5) is 17.7. The third-order valence-electron chi connectivity index (χ3n) is 1.29. The molecule has 72 valence electrons. The monoisotopic (exact) mass is 293 g/mol. The van der Waals surface area contributed by atoms with Crippen molar-refractivity contribution >= 4 is 28.4 Å². The molecule has 0 bridgehead atoms. The standard InChI is InChI=1S/C8H12IN3O/c1-8(2,3)12-6-5(9)7(13)11-4-10-6/h4H,1-3H3,(H2,10,11,12,13). The van der Waals surface area contributed by atoms with E-state index in [0.717, 1.165) is 0 Å². The molecule has 0 saturated heterocycles. The molecule has 0 saturated carbocycles. The second-order valence-electron chi connectivity index (χ2n) is 3.77. The van der Waals surface area contributed by atoms with Gasteiger partial charge in [-0.25, -0.2) is 4.98 Å². The lowest BCUT2D eigenvalue weighted by molar-refractivity contribution is 0.629. The van der Waals surface area contributed by atoms with Gasteiger partial charge in [-0.2, -0.15) is 0 Å². The number of nitrogens with one attached hydrogen (secondary N) is 2. The summed E-state index contributed by atoms with van der Waals surface area (Å²) in [5, 5.41) is 3.15. The second kappa shape index (κ2) is 3.65. The van der Waals surface area contributed by atoms with Crippen molar-refractivity contribution < 1.29 is 0 Å². The number of rotatable bonds is 1. The summed E-state index contributed by atoms with van der Waals surface area (Å²) in [5.74, 6) is 0.636. The number of H-pyrrole nitrogens is 1. The highest BCUT2D eigenvalue weighted by atomic mass is 127. The Labute approximate surface area is 90.3 Å². The van der Waals surface area contributed by atoms with Crippen LogP contribution < -0.4 is 10.9 Å². The fourth-order valence-electron chi connectivity index (χ4n) is 0.825. The topological polar surface area (TPSA) is 57.8 Å². The van der Waals surface area contributed by atoms with Crippen LogP contribution in [0.5, 0.6) is 0 Å². The van der Waals surface area contributed by atoms with Gasteiger partial charge in [0.2, 0.25) is 0 Å². The third kappa shape index (κ3) is 2.98. The van der Waals surface area contributed by atoms with E-state index < -0.39 is 0 Å². The maximum absolute atomic E-state index is 11.2. The summed E-state index contributed by atoms with van der Waals surface area (Å²) in [6.45, 7) is 6.06. The van der Waals surface area contributed by atoms with E-state index in [0.29, 0.717) is 9.39 Å². The number of aromatic amines is 1. The van der Waals surface area contributed by atoms with E-state index in [1.54, 1.807) is 0 Å². The SMILES string of the molecule is CC(C)(C)Nc1nc[nH]c(=O)c1I. The predicted molar refractivity (Wildman–Crippen MR) is 61.0 cm³/mol. The van der Waals surface area contributed by atoms with Gasteiger partial charge in [0.1, 0.15) is 9.39 Å². The molecule has 1 heterocycles. The van der Waals surface area contributed by atoms with Crippen LogP contribution in [0, 0.1) is 3.57 Å². The van der Waals surface area contributed by atoms with E-state index in [2.05, 4.69) is 15.3 Å². The molecule has 0 aliphatic carbocycles. The Balaban J connectivity index is 3.03. The van der Waals surface area contributed by atoms with E-state index in [1.165, 1.54) is 6.33 Å². The van der Waals surface area contributed by atoms with Crippen molar-refractivity contribution in [3.05, 3.63) is 20.3 Å². The number of aromatic nitrogens is 2. The number of nitrogens with zero attached hydrogens (tertiary/aromatic N) is 1. The normalized spacial score (nSPS) is 11.4. The lowest BCUT2D eigenvalue weighted by Gasteiger charge is -2.21. The van der Waals surface area contributed by atoms with E-state index in [1.807, 2.05) is 43.4 Å². The second-order valence-corrected chi connectivity index (χ2v) is 4.85. The summed E-state index contributed by atoms with van der Waals surface area (Å²) in [7, 11) is 0. The van der Waals surface area contributed by atoms with Crippen LogP contribution >= 0.6 is 22.6 Å². The summed E-state index contributed by atoms with van der Waals surface area (Å²) in [6, 6.07) is 0. The Morgan fingerprint density at radius 3 is 2.69 bits per heavy atom. The van der Waals surface area contributed by atoms with Crippen molar-refractivity contribution in [2.75, 3.05) is 5.32 Å². The fraction of sp³-hybridized carbons (Fsp3) is 0.500. The Kier molecular flexibility index (Phi) is 2.94. The largest absolute Gasteiger partial charge is 0.364 e. The zero-order valence-corrected chi connectivity index (χ0v) is 9.97. The van der Waals surface area contributed by atoms with Crippen LogP contribution in [0.25, 0.3) is 0 Å². The van der Waals surface area contributed by atoms with Gasteiger partial charge in [0.25, 0.3) is 5.56 Å². The maximum Gasteiger partial charge on any atom is 0.266 e. The molecule has 0 amide bonds. The van der Waals surface area contributed by atoms with Crippen molar-refractivity contribution in [2.24, 2.45) is 0 Å². The van der Waals surface area contributed by atoms with Gasteiger partial charge in [-0.05, 0) is 43.4 Å². The van der Waals surface area contributed by atoms with Crippen LogP contribution in [0.3, 0.4) is 0 Å². The first kappa shape index (κ1) is 10.5. The van der Waals surface area contributed by atoms with Gasteiger partial charge in [-0.1, -0.05) is 0 Å². The molecule has 0 fully saturated rings. The van der Waals surface area contributed by atoms with Gasteiger partial charge in [0, 0.05) is 5.54 Å². The molecule has 0 spiro atoms. The van der Waals surface area contributed by atoms with Crippen molar-refractivity contribution in [1.82, 2.24) is 9.97 Å². The molecule has 0 aromatic carbocycles. The average Bonchev–Trinajstić information content (AvgIpc) is 1.96. The number of hydrogen-bond donors (Lipinski definition) is 2. The van der Waals surface area contributed by atoms with Crippen LogP contribution in [0.2, 0.25) is 0 Å². The zero-order valence-electron chi connectivity index (χ0n) is 7.81. The molecule has 1 aromatic rings. The fourth-order valence-corrected chi connectivity index (χ4v) is 1.26. The van der Waals surface area contributed by atoms with Crippen molar-refractivity contribution in [3.8, 4) is 0 Å². The molecule has 0 radical (unpaired) electrons. The van der Waals surface area contributed by atoms with Crippen LogP contribution in [-0.2, 0) is 0 Å². The zero-order chi connectivity index (χ0) is 10.1. The van der Waals surface area contributed by atoms with Gasteiger partial charge in [-0.15, -0.1) is 0 Å².